The molecule has 0 aliphatic carbocycles. The zero-order chi connectivity index (χ0) is 15.8. The summed E-state index contributed by atoms with van der Waals surface area (Å²) in [5.41, 5.74) is 1.17. The van der Waals surface area contributed by atoms with Gasteiger partial charge in [-0.3, -0.25) is 4.99 Å². The molecule has 0 aromatic heterocycles. The normalized spacial score (nSPS) is 18.6. The Morgan fingerprint density at radius 3 is 2.78 bits per heavy atom. The van der Waals surface area contributed by atoms with Gasteiger partial charge >= 0.3 is 0 Å². The van der Waals surface area contributed by atoms with E-state index in [1.165, 1.54) is 18.5 Å². The summed E-state index contributed by atoms with van der Waals surface area (Å²) in [6, 6.07) is 8.00. The SMILES string of the molecule is CCNC(=NCC1CCN(C)C1)NCCc1ccccc1Cl.I. The second-order valence-electron chi connectivity index (χ2n) is 5.90. The van der Waals surface area contributed by atoms with Gasteiger partial charge in [0.1, 0.15) is 0 Å². The van der Waals surface area contributed by atoms with Gasteiger partial charge in [-0.2, -0.15) is 0 Å². The first-order chi connectivity index (χ1) is 10.7. The van der Waals surface area contributed by atoms with E-state index in [-0.39, 0.29) is 24.0 Å². The van der Waals surface area contributed by atoms with Crippen molar-refractivity contribution in [1.82, 2.24) is 15.5 Å². The topological polar surface area (TPSA) is 39.7 Å². The van der Waals surface area contributed by atoms with E-state index < -0.39 is 0 Å². The van der Waals surface area contributed by atoms with Crippen molar-refractivity contribution in [2.45, 2.75) is 19.8 Å². The summed E-state index contributed by atoms with van der Waals surface area (Å²) in [6.07, 6.45) is 2.15. The monoisotopic (exact) mass is 450 g/mol. The van der Waals surface area contributed by atoms with Crippen LogP contribution in [0.25, 0.3) is 0 Å². The number of hydrogen-bond donors (Lipinski definition) is 2. The molecule has 1 aromatic carbocycles. The van der Waals surface area contributed by atoms with Crippen molar-refractivity contribution in [2.24, 2.45) is 10.9 Å². The molecule has 6 heteroatoms. The maximum atomic E-state index is 6.18. The number of benzene rings is 1. The fraction of sp³-hybridized carbons (Fsp3) is 0.588. The highest BCUT2D eigenvalue weighted by molar-refractivity contribution is 14.0. The number of likely N-dealkylation sites (tertiary alicyclic amines) is 1. The minimum absolute atomic E-state index is 0. The minimum Gasteiger partial charge on any atom is -0.357 e. The van der Waals surface area contributed by atoms with Crippen LogP contribution in [0.2, 0.25) is 5.02 Å². The van der Waals surface area contributed by atoms with Crippen LogP contribution in [0, 0.1) is 5.92 Å². The Bertz CT molecular complexity index is 495. The lowest BCUT2D eigenvalue weighted by Crippen LogP contribution is -2.38. The molecule has 130 valence electrons. The summed E-state index contributed by atoms with van der Waals surface area (Å²) in [5, 5.41) is 7.54. The molecule has 0 amide bonds. The van der Waals surface area contributed by atoms with Gasteiger partial charge < -0.3 is 15.5 Å². The van der Waals surface area contributed by atoms with Crippen molar-refractivity contribution in [3.63, 3.8) is 0 Å². The summed E-state index contributed by atoms with van der Waals surface area (Å²) in [5.74, 6) is 1.59. The quantitative estimate of drug-likeness (QED) is 0.398. The Hall–Kier alpha value is -0.530. The summed E-state index contributed by atoms with van der Waals surface area (Å²) >= 11 is 6.18. The second-order valence-corrected chi connectivity index (χ2v) is 6.31. The maximum Gasteiger partial charge on any atom is 0.191 e. The number of guanidine groups is 1. The number of rotatable bonds is 6. The molecule has 1 heterocycles. The lowest BCUT2D eigenvalue weighted by atomic mass is 10.1. The van der Waals surface area contributed by atoms with Gasteiger partial charge in [-0.1, -0.05) is 29.8 Å². The fourth-order valence-electron chi connectivity index (χ4n) is 2.75. The van der Waals surface area contributed by atoms with E-state index >= 15 is 0 Å². The van der Waals surface area contributed by atoms with Crippen molar-refractivity contribution in [3.05, 3.63) is 34.9 Å². The van der Waals surface area contributed by atoms with E-state index in [0.29, 0.717) is 5.92 Å². The highest BCUT2D eigenvalue weighted by Crippen LogP contribution is 2.15. The molecule has 0 spiro atoms. The van der Waals surface area contributed by atoms with Crippen molar-refractivity contribution in [3.8, 4) is 0 Å². The molecular formula is C17H28ClIN4. The van der Waals surface area contributed by atoms with Gasteiger partial charge in [0.15, 0.2) is 5.96 Å². The molecule has 0 bridgehead atoms. The zero-order valence-electron chi connectivity index (χ0n) is 14.0. The molecule has 1 aromatic rings. The van der Waals surface area contributed by atoms with Crippen LogP contribution in [0.3, 0.4) is 0 Å². The Balaban J connectivity index is 0.00000264. The van der Waals surface area contributed by atoms with Gasteiger partial charge in [0.2, 0.25) is 0 Å². The summed E-state index contributed by atoms with van der Waals surface area (Å²) in [7, 11) is 2.18. The van der Waals surface area contributed by atoms with Crippen molar-refractivity contribution in [2.75, 3.05) is 39.8 Å². The van der Waals surface area contributed by atoms with E-state index in [1.54, 1.807) is 0 Å². The molecule has 1 fully saturated rings. The third kappa shape index (κ3) is 7.27. The molecule has 1 atom stereocenters. The Morgan fingerprint density at radius 2 is 2.13 bits per heavy atom. The van der Waals surface area contributed by atoms with Crippen LogP contribution < -0.4 is 10.6 Å². The van der Waals surface area contributed by atoms with Crippen LogP contribution >= 0.6 is 35.6 Å². The number of aliphatic imine (C=N–C) groups is 1. The number of nitrogens with zero attached hydrogens (tertiary/aromatic N) is 2. The van der Waals surface area contributed by atoms with E-state index in [2.05, 4.69) is 35.6 Å². The van der Waals surface area contributed by atoms with Crippen LogP contribution in [0.4, 0.5) is 0 Å². The van der Waals surface area contributed by atoms with E-state index in [0.717, 1.165) is 43.6 Å². The number of nitrogens with one attached hydrogen (secondary N) is 2. The zero-order valence-corrected chi connectivity index (χ0v) is 17.1. The van der Waals surface area contributed by atoms with Crippen molar-refractivity contribution < 1.29 is 0 Å². The summed E-state index contributed by atoms with van der Waals surface area (Å²) < 4.78 is 0. The van der Waals surface area contributed by atoms with Crippen molar-refractivity contribution >= 4 is 41.5 Å². The van der Waals surface area contributed by atoms with Gasteiger partial charge in [-0.25, -0.2) is 0 Å². The minimum atomic E-state index is 0. The van der Waals surface area contributed by atoms with Crippen LogP contribution in [0.15, 0.2) is 29.3 Å². The van der Waals surface area contributed by atoms with Gasteiger partial charge in [0.25, 0.3) is 0 Å². The Morgan fingerprint density at radius 1 is 1.35 bits per heavy atom. The molecule has 2 N–H and O–H groups in total. The highest BCUT2D eigenvalue weighted by atomic mass is 127. The van der Waals surface area contributed by atoms with Crippen molar-refractivity contribution in [1.29, 1.82) is 0 Å². The third-order valence-corrected chi connectivity index (χ3v) is 4.35. The summed E-state index contributed by atoms with van der Waals surface area (Å²) in [6.45, 7) is 7.04. The number of hydrogen-bond acceptors (Lipinski definition) is 2. The van der Waals surface area contributed by atoms with Crippen LogP contribution in [-0.2, 0) is 6.42 Å². The van der Waals surface area contributed by atoms with Gasteiger partial charge in [-0.05, 0) is 50.9 Å². The molecule has 4 nitrogen and oxygen atoms in total. The predicted octanol–water partition coefficient (Wildman–Crippen LogP) is 3.01. The van der Waals surface area contributed by atoms with Gasteiger partial charge in [0.05, 0.1) is 0 Å². The largest absolute Gasteiger partial charge is 0.357 e. The first-order valence-corrected chi connectivity index (χ1v) is 8.51. The van der Waals surface area contributed by atoms with Crippen LogP contribution in [0.5, 0.6) is 0 Å². The molecule has 23 heavy (non-hydrogen) atoms. The lowest BCUT2D eigenvalue weighted by molar-refractivity contribution is 0.397. The van der Waals surface area contributed by atoms with E-state index in [4.69, 9.17) is 16.6 Å². The van der Waals surface area contributed by atoms with E-state index in [9.17, 15) is 0 Å². The Labute approximate surface area is 162 Å². The first kappa shape index (κ1) is 20.5. The third-order valence-electron chi connectivity index (χ3n) is 3.99. The van der Waals surface area contributed by atoms with Crippen LogP contribution in [0.1, 0.15) is 18.9 Å². The lowest BCUT2D eigenvalue weighted by Gasteiger charge is -2.13. The van der Waals surface area contributed by atoms with Crippen LogP contribution in [-0.4, -0.2) is 50.6 Å². The number of halogens is 2. The molecule has 1 aliphatic rings. The molecule has 1 saturated heterocycles. The summed E-state index contributed by atoms with van der Waals surface area (Å²) in [4.78, 5) is 7.09. The molecule has 1 unspecified atom stereocenters. The Kier molecular flexibility index (Phi) is 9.90. The average molecular weight is 451 g/mol. The first-order valence-electron chi connectivity index (χ1n) is 8.13. The molecule has 0 saturated carbocycles. The fourth-order valence-corrected chi connectivity index (χ4v) is 2.98. The highest BCUT2D eigenvalue weighted by Gasteiger charge is 2.18. The van der Waals surface area contributed by atoms with E-state index in [1.807, 2.05) is 18.2 Å². The molecule has 0 radical (unpaired) electrons. The van der Waals surface area contributed by atoms with Gasteiger partial charge in [-0.15, -0.1) is 24.0 Å². The molecular weight excluding hydrogens is 423 g/mol. The predicted molar refractivity (Wildman–Crippen MR) is 110 cm³/mol. The molecule has 1 aliphatic heterocycles. The van der Waals surface area contributed by atoms with Gasteiger partial charge in [0, 0.05) is 31.2 Å². The second kappa shape index (κ2) is 11.1. The maximum absolute atomic E-state index is 6.18. The molecule has 2 rings (SSSR count). The standard InChI is InChI=1S/C17H27ClN4.HI/c1-3-19-17(21-12-14-9-11-22(2)13-14)20-10-8-15-6-4-5-7-16(15)18;/h4-7,14H,3,8-13H2,1-2H3,(H2,19,20,21);1H. The smallest absolute Gasteiger partial charge is 0.191 e. The average Bonchev–Trinajstić information content (AvgIpc) is 2.92.